The molecule has 4 rings (SSSR count). The standard InChI is InChI=1S/C24H29N5O3/c1-4-32-22(30)18-8-10-20(11-9-18)29-23(26-27-28-29)24(14-12-17(2)13-15-24)25-19-6-5-7-21(16-19)31-3/h5-11,16-17,25H,4,12-15H2,1-3H3. The summed E-state index contributed by atoms with van der Waals surface area (Å²) in [5, 5.41) is 16.5. The van der Waals surface area contributed by atoms with Crippen molar-refractivity contribution >= 4 is 11.7 Å². The van der Waals surface area contributed by atoms with Crippen LogP contribution >= 0.6 is 0 Å². The van der Waals surface area contributed by atoms with Gasteiger partial charge in [0.25, 0.3) is 0 Å². The normalized spacial score (nSPS) is 20.5. The summed E-state index contributed by atoms with van der Waals surface area (Å²) in [5.74, 6) is 1.87. The quantitative estimate of drug-likeness (QED) is 0.551. The lowest BCUT2D eigenvalue weighted by molar-refractivity contribution is 0.0526. The zero-order valence-corrected chi connectivity index (χ0v) is 18.7. The minimum atomic E-state index is -0.414. The highest BCUT2D eigenvalue weighted by atomic mass is 16.5. The van der Waals surface area contributed by atoms with Crippen LogP contribution in [0.25, 0.3) is 5.69 Å². The average molecular weight is 436 g/mol. The molecule has 32 heavy (non-hydrogen) atoms. The molecule has 0 radical (unpaired) electrons. The van der Waals surface area contributed by atoms with Gasteiger partial charge in [0.2, 0.25) is 0 Å². The zero-order valence-electron chi connectivity index (χ0n) is 18.7. The van der Waals surface area contributed by atoms with E-state index in [-0.39, 0.29) is 5.97 Å². The Morgan fingerprint density at radius 1 is 1.19 bits per heavy atom. The summed E-state index contributed by atoms with van der Waals surface area (Å²) in [5.41, 5.74) is 1.85. The lowest BCUT2D eigenvalue weighted by Gasteiger charge is -2.39. The molecule has 0 unspecified atom stereocenters. The van der Waals surface area contributed by atoms with Gasteiger partial charge in [-0.15, -0.1) is 5.10 Å². The molecule has 1 aliphatic carbocycles. The molecule has 2 aromatic carbocycles. The van der Waals surface area contributed by atoms with Gasteiger partial charge in [-0.1, -0.05) is 13.0 Å². The van der Waals surface area contributed by atoms with Crippen molar-refractivity contribution in [1.82, 2.24) is 20.2 Å². The molecule has 8 heteroatoms. The van der Waals surface area contributed by atoms with Gasteiger partial charge in [0.15, 0.2) is 5.82 Å². The molecule has 8 nitrogen and oxygen atoms in total. The molecule has 0 aliphatic heterocycles. The Balaban J connectivity index is 1.69. The number of esters is 1. The van der Waals surface area contributed by atoms with Gasteiger partial charge in [-0.2, -0.15) is 4.68 Å². The average Bonchev–Trinajstić information content (AvgIpc) is 3.32. The number of nitrogens with zero attached hydrogens (tertiary/aromatic N) is 4. The summed E-state index contributed by atoms with van der Waals surface area (Å²) in [6.45, 7) is 4.42. The largest absolute Gasteiger partial charge is 0.497 e. The van der Waals surface area contributed by atoms with Crippen molar-refractivity contribution in [3.8, 4) is 11.4 Å². The molecule has 168 valence electrons. The van der Waals surface area contributed by atoms with Gasteiger partial charge in [-0.3, -0.25) is 0 Å². The lowest BCUT2D eigenvalue weighted by atomic mass is 9.76. The molecule has 1 fully saturated rings. The minimum Gasteiger partial charge on any atom is -0.497 e. The monoisotopic (exact) mass is 435 g/mol. The second-order valence-electron chi connectivity index (χ2n) is 8.30. The van der Waals surface area contributed by atoms with Crippen molar-refractivity contribution in [2.45, 2.75) is 45.1 Å². The molecular formula is C24H29N5O3. The molecule has 1 saturated carbocycles. The fourth-order valence-electron chi connectivity index (χ4n) is 4.25. The van der Waals surface area contributed by atoms with Crippen LogP contribution in [0.2, 0.25) is 0 Å². The number of nitrogens with one attached hydrogen (secondary N) is 1. The van der Waals surface area contributed by atoms with Gasteiger partial charge < -0.3 is 14.8 Å². The Labute approximate surface area is 187 Å². The van der Waals surface area contributed by atoms with Gasteiger partial charge in [-0.05, 0) is 85.3 Å². The minimum absolute atomic E-state index is 0.339. The number of benzene rings is 2. The number of ether oxygens (including phenoxy) is 2. The van der Waals surface area contributed by atoms with E-state index in [1.807, 2.05) is 36.4 Å². The summed E-state index contributed by atoms with van der Waals surface area (Å²) < 4.78 is 12.2. The van der Waals surface area contributed by atoms with Gasteiger partial charge in [0.05, 0.1) is 30.5 Å². The van der Waals surface area contributed by atoms with E-state index in [1.54, 1.807) is 30.8 Å². The lowest BCUT2D eigenvalue weighted by Crippen LogP contribution is -2.41. The van der Waals surface area contributed by atoms with Gasteiger partial charge >= 0.3 is 5.97 Å². The molecule has 0 spiro atoms. The number of tetrazole rings is 1. The van der Waals surface area contributed by atoms with E-state index in [0.717, 1.165) is 48.6 Å². The Bertz CT molecular complexity index is 1060. The van der Waals surface area contributed by atoms with Crippen LogP contribution in [-0.4, -0.2) is 39.9 Å². The van der Waals surface area contributed by atoms with E-state index >= 15 is 0 Å². The molecular weight excluding hydrogens is 406 g/mol. The number of hydrogen-bond donors (Lipinski definition) is 1. The molecule has 0 saturated heterocycles. The summed E-state index contributed by atoms with van der Waals surface area (Å²) >= 11 is 0. The smallest absolute Gasteiger partial charge is 0.338 e. The predicted molar refractivity (Wildman–Crippen MR) is 121 cm³/mol. The third-order valence-corrected chi connectivity index (χ3v) is 6.10. The van der Waals surface area contributed by atoms with Crippen molar-refractivity contribution in [2.75, 3.05) is 19.0 Å². The van der Waals surface area contributed by atoms with Crippen molar-refractivity contribution in [3.63, 3.8) is 0 Å². The van der Waals surface area contributed by atoms with Gasteiger partial charge in [0.1, 0.15) is 5.75 Å². The summed E-state index contributed by atoms with van der Waals surface area (Å²) in [4.78, 5) is 12.0. The van der Waals surface area contributed by atoms with E-state index < -0.39 is 5.54 Å². The Morgan fingerprint density at radius 3 is 2.62 bits per heavy atom. The van der Waals surface area contributed by atoms with E-state index in [2.05, 4.69) is 27.8 Å². The molecule has 0 bridgehead atoms. The van der Waals surface area contributed by atoms with Gasteiger partial charge in [-0.25, -0.2) is 4.79 Å². The summed E-state index contributed by atoms with van der Waals surface area (Å²) in [6.07, 6.45) is 3.97. The molecule has 0 atom stereocenters. The van der Waals surface area contributed by atoms with Gasteiger partial charge in [0, 0.05) is 11.8 Å². The van der Waals surface area contributed by atoms with Crippen LogP contribution in [0.15, 0.2) is 48.5 Å². The molecule has 1 aromatic heterocycles. The molecule has 3 aromatic rings. The third-order valence-electron chi connectivity index (χ3n) is 6.10. The molecule has 1 N–H and O–H groups in total. The summed E-state index contributed by atoms with van der Waals surface area (Å²) in [6, 6.07) is 15.1. The third kappa shape index (κ3) is 4.44. The zero-order chi connectivity index (χ0) is 22.6. The number of methoxy groups -OCH3 is 1. The second kappa shape index (κ2) is 9.38. The Morgan fingerprint density at radius 2 is 1.94 bits per heavy atom. The molecule has 1 aliphatic rings. The first kappa shape index (κ1) is 21.8. The highest BCUT2D eigenvalue weighted by Gasteiger charge is 2.41. The van der Waals surface area contributed by atoms with Crippen LogP contribution in [0, 0.1) is 5.92 Å². The number of anilines is 1. The van der Waals surface area contributed by atoms with E-state index in [0.29, 0.717) is 18.1 Å². The fourth-order valence-corrected chi connectivity index (χ4v) is 4.25. The maximum Gasteiger partial charge on any atom is 0.338 e. The van der Waals surface area contributed by atoms with E-state index in [1.165, 1.54) is 0 Å². The van der Waals surface area contributed by atoms with Crippen molar-refractivity contribution in [1.29, 1.82) is 0 Å². The highest BCUT2D eigenvalue weighted by Crippen LogP contribution is 2.42. The number of hydrogen-bond acceptors (Lipinski definition) is 7. The van der Waals surface area contributed by atoms with Crippen LogP contribution in [0.3, 0.4) is 0 Å². The SMILES string of the molecule is CCOC(=O)c1ccc(-n2nnnc2C2(Nc3cccc(OC)c3)CCC(C)CC2)cc1. The van der Waals surface area contributed by atoms with Crippen LogP contribution in [0.1, 0.15) is 55.7 Å². The van der Waals surface area contributed by atoms with E-state index in [9.17, 15) is 4.79 Å². The first-order valence-corrected chi connectivity index (χ1v) is 11.0. The second-order valence-corrected chi connectivity index (χ2v) is 8.30. The van der Waals surface area contributed by atoms with Crippen LogP contribution in [0.5, 0.6) is 5.75 Å². The number of rotatable bonds is 7. The van der Waals surface area contributed by atoms with Crippen molar-refractivity contribution in [3.05, 3.63) is 59.9 Å². The first-order chi connectivity index (χ1) is 15.5. The van der Waals surface area contributed by atoms with Crippen molar-refractivity contribution in [2.24, 2.45) is 5.92 Å². The first-order valence-electron chi connectivity index (χ1n) is 11.0. The Kier molecular flexibility index (Phi) is 6.39. The van der Waals surface area contributed by atoms with Crippen molar-refractivity contribution < 1.29 is 14.3 Å². The van der Waals surface area contributed by atoms with Crippen LogP contribution in [0.4, 0.5) is 5.69 Å². The topological polar surface area (TPSA) is 91.2 Å². The van der Waals surface area contributed by atoms with Crippen LogP contribution in [-0.2, 0) is 10.3 Å². The number of carbonyl (C=O) groups excluding carboxylic acids is 1. The highest BCUT2D eigenvalue weighted by molar-refractivity contribution is 5.89. The number of carbonyl (C=O) groups is 1. The number of aromatic nitrogens is 4. The van der Waals surface area contributed by atoms with E-state index in [4.69, 9.17) is 9.47 Å². The molecule has 1 heterocycles. The maximum atomic E-state index is 12.0. The Hall–Kier alpha value is -3.42. The van der Waals surface area contributed by atoms with Crippen LogP contribution < -0.4 is 10.1 Å². The maximum absolute atomic E-state index is 12.0. The predicted octanol–water partition coefficient (Wildman–Crippen LogP) is 4.37. The fraction of sp³-hybridized carbons (Fsp3) is 0.417. The summed E-state index contributed by atoms with van der Waals surface area (Å²) in [7, 11) is 1.66. The molecule has 0 amide bonds.